The number of primary amides is 1. The molecular formula is C14H21N6O4+. The van der Waals surface area contributed by atoms with E-state index in [0.29, 0.717) is 31.4 Å². The monoisotopic (exact) mass is 337 g/mol. The van der Waals surface area contributed by atoms with Crippen molar-refractivity contribution in [2.24, 2.45) is 10.7 Å². The predicted molar refractivity (Wildman–Crippen MR) is 83.7 cm³/mol. The second kappa shape index (κ2) is 6.29. The second-order valence-electron chi connectivity index (χ2n) is 6.01. The molecule has 0 radical (unpaired) electrons. The number of urea groups is 1. The molecule has 130 valence electrons. The summed E-state index contributed by atoms with van der Waals surface area (Å²) in [5.41, 5.74) is 5.35. The molecule has 10 nitrogen and oxygen atoms in total. The first-order valence-electron chi connectivity index (χ1n) is 7.75. The molecule has 0 aliphatic carbocycles. The van der Waals surface area contributed by atoms with Crippen LogP contribution >= 0.6 is 0 Å². The van der Waals surface area contributed by atoms with Crippen molar-refractivity contribution >= 4 is 29.5 Å². The van der Waals surface area contributed by atoms with Crippen molar-refractivity contribution in [2.75, 3.05) is 53.5 Å². The van der Waals surface area contributed by atoms with Crippen molar-refractivity contribution < 1.29 is 23.7 Å². The summed E-state index contributed by atoms with van der Waals surface area (Å²) >= 11 is 0. The largest absolute Gasteiger partial charge is 0.379 e. The fourth-order valence-electron chi connectivity index (χ4n) is 3.08. The lowest BCUT2D eigenvalue weighted by atomic mass is 10.1. The highest BCUT2D eigenvalue weighted by atomic mass is 16.5. The van der Waals surface area contributed by atoms with E-state index in [1.165, 1.54) is 11.9 Å². The number of imide groups is 1. The number of likely N-dealkylation sites (N-methyl/N-ethyl adjacent to an activating group) is 2. The molecule has 0 bridgehead atoms. The van der Waals surface area contributed by atoms with Crippen LogP contribution in [0.5, 0.6) is 0 Å². The number of nitrogens with zero attached hydrogens (tertiary/aromatic N) is 5. The van der Waals surface area contributed by atoms with Gasteiger partial charge in [0, 0.05) is 27.2 Å². The Morgan fingerprint density at radius 1 is 1.29 bits per heavy atom. The van der Waals surface area contributed by atoms with Crippen molar-refractivity contribution in [1.29, 1.82) is 0 Å². The lowest BCUT2D eigenvalue weighted by molar-refractivity contribution is -0.525. The zero-order chi connectivity index (χ0) is 17.4. The van der Waals surface area contributed by atoms with Crippen molar-refractivity contribution in [2.45, 2.75) is 6.04 Å². The van der Waals surface area contributed by atoms with Crippen LogP contribution in [0.15, 0.2) is 4.99 Å². The highest BCUT2D eigenvalue weighted by Gasteiger charge is 2.53. The summed E-state index contributed by atoms with van der Waals surface area (Å²) in [7, 11) is 2.98. The lowest BCUT2D eigenvalue weighted by Gasteiger charge is -2.30. The van der Waals surface area contributed by atoms with Crippen molar-refractivity contribution in [3.63, 3.8) is 0 Å². The summed E-state index contributed by atoms with van der Waals surface area (Å²) in [5.74, 6) is -0.0531. The number of rotatable bonds is 4. The highest BCUT2D eigenvalue weighted by Crippen LogP contribution is 2.19. The van der Waals surface area contributed by atoms with Crippen LogP contribution in [0, 0.1) is 0 Å². The summed E-state index contributed by atoms with van der Waals surface area (Å²) < 4.78 is 6.92. The zero-order valence-electron chi connectivity index (χ0n) is 13.8. The lowest BCUT2D eigenvalue weighted by Crippen LogP contribution is -2.62. The van der Waals surface area contributed by atoms with E-state index in [4.69, 9.17) is 10.5 Å². The first-order chi connectivity index (χ1) is 11.4. The van der Waals surface area contributed by atoms with Gasteiger partial charge in [-0.1, -0.05) is 0 Å². The Kier molecular flexibility index (Phi) is 4.33. The maximum Gasteiger partial charge on any atom is 0.333 e. The Hall–Kier alpha value is -2.33. The van der Waals surface area contributed by atoms with Gasteiger partial charge in [0.1, 0.15) is 6.54 Å². The molecule has 3 heterocycles. The van der Waals surface area contributed by atoms with Gasteiger partial charge in [-0.25, -0.2) is 9.37 Å². The molecule has 1 atom stereocenters. The number of hydrogen-bond acceptors (Lipinski definition) is 6. The third kappa shape index (κ3) is 2.78. The van der Waals surface area contributed by atoms with Crippen LogP contribution in [0.4, 0.5) is 4.79 Å². The molecule has 3 aliphatic heterocycles. The van der Waals surface area contributed by atoms with E-state index in [1.54, 1.807) is 11.6 Å². The first kappa shape index (κ1) is 16.5. The molecule has 2 fully saturated rings. The molecule has 0 aromatic carbocycles. The number of hydrogen-bond donors (Lipinski definition) is 1. The van der Waals surface area contributed by atoms with E-state index in [2.05, 4.69) is 9.89 Å². The minimum Gasteiger partial charge on any atom is -0.379 e. The van der Waals surface area contributed by atoms with E-state index >= 15 is 0 Å². The molecule has 2 N–H and O–H groups in total. The van der Waals surface area contributed by atoms with Gasteiger partial charge in [-0.2, -0.15) is 0 Å². The third-order valence-electron chi connectivity index (χ3n) is 4.41. The van der Waals surface area contributed by atoms with Gasteiger partial charge in [0.2, 0.25) is 0 Å². The van der Waals surface area contributed by atoms with Gasteiger partial charge in [-0.3, -0.25) is 24.3 Å². The molecule has 10 heteroatoms. The normalized spacial score (nSPS) is 25.2. The average Bonchev–Trinajstić information content (AvgIpc) is 2.90. The number of amidine groups is 2. The van der Waals surface area contributed by atoms with Gasteiger partial charge in [-0.15, -0.1) is 0 Å². The Balaban J connectivity index is 1.94. The Morgan fingerprint density at radius 3 is 2.58 bits per heavy atom. The molecule has 4 amide bonds. The number of morpholine rings is 1. The number of ether oxygens (including phenoxy) is 1. The summed E-state index contributed by atoms with van der Waals surface area (Å²) in [6.45, 7) is 3.08. The topological polar surface area (TPSA) is 112 Å². The van der Waals surface area contributed by atoms with Crippen LogP contribution < -0.4 is 5.73 Å². The summed E-state index contributed by atoms with van der Waals surface area (Å²) in [5, 5.41) is 0. The van der Waals surface area contributed by atoms with Gasteiger partial charge in [0.15, 0.2) is 6.54 Å². The van der Waals surface area contributed by atoms with Crippen LogP contribution in [-0.2, 0) is 14.3 Å². The van der Waals surface area contributed by atoms with E-state index in [1.807, 2.05) is 0 Å². The summed E-state index contributed by atoms with van der Waals surface area (Å²) in [6, 6.07) is -1.23. The smallest absolute Gasteiger partial charge is 0.333 e. The maximum atomic E-state index is 12.5. The molecule has 0 aromatic heterocycles. The number of carbonyl (C=O) groups is 3. The highest BCUT2D eigenvalue weighted by molar-refractivity contribution is 6.23. The first-order valence-corrected chi connectivity index (χ1v) is 7.75. The Labute approximate surface area is 139 Å². The molecule has 0 spiro atoms. The number of carbonyl (C=O) groups excluding carboxylic acids is 3. The van der Waals surface area contributed by atoms with Crippen LogP contribution in [-0.4, -0.2) is 108 Å². The minimum atomic E-state index is -0.791. The standard InChI is InChI=1S/C14H20N6O4/c1-17-12-11(13(22)18(2)14(17)23)20(7-9(15)21)10(16-12)8-19-3-5-24-6-4-19/h11H,3-8H2,1-2H3,(H-,15,21)/p+1. The third-order valence-corrected chi connectivity index (χ3v) is 4.41. The minimum absolute atomic E-state index is 0.126. The van der Waals surface area contributed by atoms with Gasteiger partial charge < -0.3 is 10.5 Å². The number of amides is 4. The van der Waals surface area contributed by atoms with Gasteiger partial charge in [0.05, 0.1) is 13.2 Å². The fraction of sp³-hybridized carbons (Fsp3) is 0.643. The second-order valence-corrected chi connectivity index (χ2v) is 6.01. The Morgan fingerprint density at radius 2 is 1.96 bits per heavy atom. The predicted octanol–water partition coefficient (Wildman–Crippen LogP) is -2.48. The number of fused-ring (bicyclic) bond motifs is 1. The Bertz CT molecular complexity index is 652. The van der Waals surface area contributed by atoms with Gasteiger partial charge in [-0.05, 0) is 4.99 Å². The molecule has 0 saturated carbocycles. The number of aliphatic imine (C=N–C) groups is 1. The van der Waals surface area contributed by atoms with E-state index in [0.717, 1.165) is 18.0 Å². The number of nitrogens with two attached hydrogens (primary N) is 1. The fourth-order valence-corrected chi connectivity index (χ4v) is 3.08. The zero-order valence-corrected chi connectivity index (χ0v) is 13.8. The van der Waals surface area contributed by atoms with Crippen molar-refractivity contribution in [1.82, 2.24) is 14.7 Å². The van der Waals surface area contributed by atoms with Crippen molar-refractivity contribution in [3.05, 3.63) is 0 Å². The van der Waals surface area contributed by atoms with Gasteiger partial charge in [0.25, 0.3) is 23.7 Å². The van der Waals surface area contributed by atoms with Crippen LogP contribution in [0.3, 0.4) is 0 Å². The molecule has 3 aliphatic rings. The van der Waals surface area contributed by atoms with E-state index < -0.39 is 23.9 Å². The quantitative estimate of drug-likeness (QED) is 0.571. The van der Waals surface area contributed by atoms with Crippen LogP contribution in [0.25, 0.3) is 0 Å². The van der Waals surface area contributed by atoms with Crippen LogP contribution in [0.2, 0.25) is 0 Å². The summed E-state index contributed by atoms with van der Waals surface area (Å²) in [6.07, 6.45) is 0. The SMILES string of the molecule is CN1C(=O)C2C(=NC(CN3CCOCC3)=[N+]2CC(N)=O)N(C)C1=O. The molecular weight excluding hydrogens is 316 g/mol. The van der Waals surface area contributed by atoms with E-state index in [-0.39, 0.29) is 6.54 Å². The van der Waals surface area contributed by atoms with Gasteiger partial charge >= 0.3 is 11.9 Å². The average molecular weight is 337 g/mol. The molecule has 3 rings (SSSR count). The van der Waals surface area contributed by atoms with E-state index in [9.17, 15) is 14.4 Å². The molecule has 1 unspecified atom stereocenters. The molecule has 0 aromatic rings. The summed E-state index contributed by atoms with van der Waals surface area (Å²) in [4.78, 5) is 45.1. The molecule has 24 heavy (non-hydrogen) atoms. The molecule has 2 saturated heterocycles. The van der Waals surface area contributed by atoms with Crippen LogP contribution in [0.1, 0.15) is 0 Å². The van der Waals surface area contributed by atoms with Crippen molar-refractivity contribution in [3.8, 4) is 0 Å². The maximum absolute atomic E-state index is 12.5.